The van der Waals surface area contributed by atoms with Crippen LogP contribution in [0.3, 0.4) is 0 Å². The Labute approximate surface area is 227 Å². The molecule has 0 fully saturated rings. The Hall–Kier alpha value is -3.93. The molecule has 0 saturated carbocycles. The SMILES string of the molecule is CC(C)CC(NC(=O)C(NC(=O)C(CCC(=O)O)NC(=O)C(N)Cc1c[nH]c2ccccc12)C(C)C)C(=O)O. The largest absolute Gasteiger partial charge is 0.481 e. The van der Waals surface area contributed by atoms with Crippen LogP contribution in [0.1, 0.15) is 52.5 Å². The van der Waals surface area contributed by atoms with Gasteiger partial charge in [-0.05, 0) is 42.7 Å². The van der Waals surface area contributed by atoms with Gasteiger partial charge in [0, 0.05) is 23.5 Å². The average Bonchev–Trinajstić information content (AvgIpc) is 3.26. The van der Waals surface area contributed by atoms with Crippen molar-refractivity contribution in [2.24, 2.45) is 17.6 Å². The Morgan fingerprint density at radius 2 is 1.54 bits per heavy atom. The van der Waals surface area contributed by atoms with E-state index in [9.17, 15) is 29.1 Å². The van der Waals surface area contributed by atoms with Gasteiger partial charge in [0.1, 0.15) is 18.1 Å². The number of carbonyl (C=O) groups excluding carboxylic acids is 3. The van der Waals surface area contributed by atoms with E-state index in [1.807, 2.05) is 38.1 Å². The van der Waals surface area contributed by atoms with Crippen molar-refractivity contribution >= 4 is 40.6 Å². The van der Waals surface area contributed by atoms with Gasteiger partial charge in [0.2, 0.25) is 17.7 Å². The van der Waals surface area contributed by atoms with E-state index in [1.54, 1.807) is 20.0 Å². The summed E-state index contributed by atoms with van der Waals surface area (Å²) in [6.07, 6.45) is 1.48. The Morgan fingerprint density at radius 3 is 2.13 bits per heavy atom. The van der Waals surface area contributed by atoms with E-state index in [1.165, 1.54) is 0 Å². The van der Waals surface area contributed by atoms with Crippen molar-refractivity contribution in [1.29, 1.82) is 0 Å². The van der Waals surface area contributed by atoms with Crippen LogP contribution in [0, 0.1) is 11.8 Å². The fraction of sp³-hybridized carbons (Fsp3) is 0.519. The summed E-state index contributed by atoms with van der Waals surface area (Å²) < 4.78 is 0. The number of H-pyrrole nitrogens is 1. The Bertz CT molecular complexity index is 1180. The quantitative estimate of drug-likeness (QED) is 0.172. The Morgan fingerprint density at radius 1 is 0.897 bits per heavy atom. The summed E-state index contributed by atoms with van der Waals surface area (Å²) in [5, 5.41) is 27.1. The van der Waals surface area contributed by atoms with Gasteiger partial charge in [-0.15, -0.1) is 0 Å². The van der Waals surface area contributed by atoms with Crippen molar-refractivity contribution in [1.82, 2.24) is 20.9 Å². The number of fused-ring (bicyclic) bond motifs is 1. The summed E-state index contributed by atoms with van der Waals surface area (Å²) in [4.78, 5) is 64.9. The smallest absolute Gasteiger partial charge is 0.326 e. The summed E-state index contributed by atoms with van der Waals surface area (Å²) in [6, 6.07) is 2.96. The number of carboxylic acids is 2. The molecule has 0 aliphatic heterocycles. The van der Waals surface area contributed by atoms with Crippen LogP contribution >= 0.6 is 0 Å². The molecule has 12 nitrogen and oxygen atoms in total. The number of hydrogen-bond acceptors (Lipinski definition) is 6. The maximum Gasteiger partial charge on any atom is 0.326 e. The number of aromatic nitrogens is 1. The van der Waals surface area contributed by atoms with Crippen LogP contribution in [0.5, 0.6) is 0 Å². The van der Waals surface area contributed by atoms with E-state index < -0.39 is 66.2 Å². The van der Waals surface area contributed by atoms with Gasteiger partial charge in [0.15, 0.2) is 0 Å². The number of hydrogen-bond donors (Lipinski definition) is 7. The number of para-hydroxylation sites is 1. The van der Waals surface area contributed by atoms with Gasteiger partial charge >= 0.3 is 11.9 Å². The molecule has 214 valence electrons. The van der Waals surface area contributed by atoms with Crippen molar-refractivity contribution in [3.05, 3.63) is 36.0 Å². The minimum Gasteiger partial charge on any atom is -0.481 e. The molecule has 1 heterocycles. The van der Waals surface area contributed by atoms with Crippen molar-refractivity contribution in [3.8, 4) is 0 Å². The molecule has 12 heteroatoms. The fourth-order valence-electron chi connectivity index (χ4n) is 4.19. The molecule has 4 unspecified atom stereocenters. The zero-order valence-corrected chi connectivity index (χ0v) is 22.7. The number of aliphatic carboxylic acids is 2. The molecule has 0 bridgehead atoms. The maximum absolute atomic E-state index is 13.2. The zero-order chi connectivity index (χ0) is 29.3. The number of amides is 3. The van der Waals surface area contributed by atoms with E-state index in [-0.39, 0.29) is 25.2 Å². The number of carbonyl (C=O) groups is 5. The van der Waals surface area contributed by atoms with Crippen molar-refractivity contribution in [2.75, 3.05) is 0 Å². The molecule has 0 spiro atoms. The lowest BCUT2D eigenvalue weighted by molar-refractivity contribution is -0.143. The molecule has 2 rings (SSSR count). The highest BCUT2D eigenvalue weighted by molar-refractivity contribution is 5.94. The predicted octanol–water partition coefficient (Wildman–Crippen LogP) is 1.14. The van der Waals surface area contributed by atoms with Gasteiger partial charge in [0.25, 0.3) is 0 Å². The number of benzene rings is 1. The van der Waals surface area contributed by atoms with Crippen LogP contribution in [-0.2, 0) is 30.4 Å². The van der Waals surface area contributed by atoms with Gasteiger partial charge in [-0.3, -0.25) is 19.2 Å². The molecule has 0 saturated heterocycles. The molecule has 3 amide bonds. The lowest BCUT2D eigenvalue weighted by Crippen LogP contribution is -2.58. The highest BCUT2D eigenvalue weighted by atomic mass is 16.4. The monoisotopic (exact) mass is 545 g/mol. The predicted molar refractivity (Wildman–Crippen MR) is 145 cm³/mol. The molecule has 1 aromatic heterocycles. The first kappa shape index (κ1) is 31.3. The molecule has 0 aliphatic carbocycles. The lowest BCUT2D eigenvalue weighted by Gasteiger charge is -2.27. The van der Waals surface area contributed by atoms with E-state index in [2.05, 4.69) is 20.9 Å². The summed E-state index contributed by atoms with van der Waals surface area (Å²) in [5.74, 6) is -4.90. The van der Waals surface area contributed by atoms with Crippen LogP contribution < -0.4 is 21.7 Å². The second kappa shape index (κ2) is 14.3. The van der Waals surface area contributed by atoms with Crippen LogP contribution in [-0.4, -0.2) is 69.0 Å². The van der Waals surface area contributed by atoms with Crippen molar-refractivity contribution in [2.45, 2.75) is 77.5 Å². The van der Waals surface area contributed by atoms with Crippen molar-refractivity contribution in [3.63, 3.8) is 0 Å². The third-order valence-electron chi connectivity index (χ3n) is 6.30. The highest BCUT2D eigenvalue weighted by Gasteiger charge is 2.32. The number of rotatable bonds is 15. The Kier molecular flexibility index (Phi) is 11.5. The summed E-state index contributed by atoms with van der Waals surface area (Å²) in [7, 11) is 0. The molecule has 4 atom stereocenters. The summed E-state index contributed by atoms with van der Waals surface area (Å²) in [5.41, 5.74) is 7.83. The first-order valence-corrected chi connectivity index (χ1v) is 13.0. The van der Waals surface area contributed by atoms with E-state index in [4.69, 9.17) is 10.8 Å². The topological polar surface area (TPSA) is 204 Å². The number of nitrogens with two attached hydrogens (primary N) is 1. The van der Waals surface area contributed by atoms with E-state index in [0.29, 0.717) is 0 Å². The molecule has 8 N–H and O–H groups in total. The average molecular weight is 546 g/mol. The van der Waals surface area contributed by atoms with Gasteiger partial charge < -0.3 is 36.9 Å². The maximum atomic E-state index is 13.2. The molecule has 0 radical (unpaired) electrons. The molecule has 39 heavy (non-hydrogen) atoms. The van der Waals surface area contributed by atoms with Crippen LogP contribution in [0.4, 0.5) is 0 Å². The first-order chi connectivity index (χ1) is 18.3. The second-order valence-electron chi connectivity index (χ2n) is 10.4. The van der Waals surface area contributed by atoms with Gasteiger partial charge in [0.05, 0.1) is 6.04 Å². The van der Waals surface area contributed by atoms with Gasteiger partial charge in [-0.1, -0.05) is 45.9 Å². The van der Waals surface area contributed by atoms with Crippen LogP contribution in [0.2, 0.25) is 0 Å². The Balaban J connectivity index is 2.13. The third-order valence-corrected chi connectivity index (χ3v) is 6.30. The summed E-state index contributed by atoms with van der Waals surface area (Å²) in [6.45, 7) is 6.99. The second-order valence-corrected chi connectivity index (χ2v) is 10.4. The highest BCUT2D eigenvalue weighted by Crippen LogP contribution is 2.19. The van der Waals surface area contributed by atoms with Crippen molar-refractivity contribution < 1.29 is 34.2 Å². The third kappa shape index (κ3) is 9.40. The van der Waals surface area contributed by atoms with Crippen LogP contribution in [0.15, 0.2) is 30.5 Å². The van der Waals surface area contributed by atoms with Gasteiger partial charge in [-0.25, -0.2) is 4.79 Å². The van der Waals surface area contributed by atoms with Crippen LogP contribution in [0.25, 0.3) is 10.9 Å². The molecular weight excluding hydrogens is 506 g/mol. The molecular formula is C27H39N5O7. The first-order valence-electron chi connectivity index (χ1n) is 13.0. The number of aromatic amines is 1. The minimum atomic E-state index is -1.28. The normalized spacial score (nSPS) is 14.4. The van der Waals surface area contributed by atoms with Gasteiger partial charge in [-0.2, -0.15) is 0 Å². The molecule has 1 aromatic carbocycles. The number of carboxylic acid groups (broad SMARTS) is 2. The number of nitrogens with one attached hydrogen (secondary N) is 4. The molecule has 2 aromatic rings. The standard InChI is InChI=1S/C27H39N5O7/c1-14(2)11-21(27(38)39)31-26(37)23(15(3)4)32-25(36)20(9-10-22(33)34)30-24(35)18(28)12-16-13-29-19-8-6-5-7-17(16)19/h5-8,13-15,18,20-21,23,29H,9-12,28H2,1-4H3,(H,30,35)(H,31,37)(H,32,36)(H,33,34)(H,38,39). The fourth-order valence-corrected chi connectivity index (χ4v) is 4.19. The van der Waals surface area contributed by atoms with E-state index >= 15 is 0 Å². The zero-order valence-electron chi connectivity index (χ0n) is 22.7. The van der Waals surface area contributed by atoms with E-state index in [0.717, 1.165) is 16.5 Å². The minimum absolute atomic E-state index is 0.00238. The summed E-state index contributed by atoms with van der Waals surface area (Å²) >= 11 is 0. The molecule has 0 aliphatic rings. The lowest BCUT2D eigenvalue weighted by atomic mass is 9.99.